The minimum Gasteiger partial charge on any atom is -0.481 e. The van der Waals surface area contributed by atoms with Crippen molar-refractivity contribution in [1.82, 2.24) is 5.32 Å². The number of carbonyl (C=O) groups excluding carboxylic acids is 1. The molecule has 1 saturated carbocycles. The molecule has 0 aromatic heterocycles. The van der Waals surface area contributed by atoms with Gasteiger partial charge in [-0.2, -0.15) is 0 Å². The average Bonchev–Trinajstić information content (AvgIpc) is 3.06. The number of nitrogens with one attached hydrogen (secondary N) is 1. The Morgan fingerprint density at radius 3 is 2.54 bits per heavy atom. The quantitative estimate of drug-likeness (QED) is 0.842. The van der Waals surface area contributed by atoms with Gasteiger partial charge >= 0.3 is 5.97 Å². The van der Waals surface area contributed by atoms with E-state index in [1.807, 2.05) is 42.5 Å². The molecule has 1 aliphatic rings. The maximum absolute atomic E-state index is 12.4. The predicted molar refractivity (Wildman–Crippen MR) is 93.7 cm³/mol. The Morgan fingerprint density at radius 2 is 1.79 bits per heavy atom. The molecule has 3 rings (SSSR count). The van der Waals surface area contributed by atoms with Gasteiger partial charge in [0.1, 0.15) is 0 Å². The molecule has 0 bridgehead atoms. The lowest BCUT2D eigenvalue weighted by molar-refractivity contribution is -0.137. The van der Waals surface area contributed by atoms with Crippen LogP contribution < -0.4 is 5.32 Å². The zero-order valence-corrected chi connectivity index (χ0v) is 13.7. The zero-order chi connectivity index (χ0) is 16.9. The van der Waals surface area contributed by atoms with Gasteiger partial charge in [-0.3, -0.25) is 9.59 Å². The Kier molecular flexibility index (Phi) is 5.14. The third kappa shape index (κ3) is 3.94. The van der Waals surface area contributed by atoms with Gasteiger partial charge in [-0.15, -0.1) is 0 Å². The summed E-state index contributed by atoms with van der Waals surface area (Å²) in [4.78, 5) is 23.7. The summed E-state index contributed by atoms with van der Waals surface area (Å²) in [6, 6.07) is 13.2. The summed E-state index contributed by atoms with van der Waals surface area (Å²) < 4.78 is 0. The average molecular weight is 325 g/mol. The number of aliphatic carboxylic acids is 1. The van der Waals surface area contributed by atoms with Gasteiger partial charge in [0, 0.05) is 6.42 Å². The summed E-state index contributed by atoms with van der Waals surface area (Å²) >= 11 is 0. The van der Waals surface area contributed by atoms with Gasteiger partial charge in [0.2, 0.25) is 5.91 Å². The zero-order valence-electron chi connectivity index (χ0n) is 13.7. The van der Waals surface area contributed by atoms with Gasteiger partial charge in [0.15, 0.2) is 0 Å². The lowest BCUT2D eigenvalue weighted by Gasteiger charge is -2.20. The van der Waals surface area contributed by atoms with Gasteiger partial charge in [-0.05, 0) is 35.1 Å². The minimum atomic E-state index is -0.908. The fourth-order valence-corrected chi connectivity index (χ4v) is 3.70. The van der Waals surface area contributed by atoms with E-state index in [9.17, 15) is 14.7 Å². The number of fused-ring (bicyclic) bond motifs is 1. The van der Waals surface area contributed by atoms with Crippen LogP contribution in [0.5, 0.6) is 0 Å². The van der Waals surface area contributed by atoms with E-state index in [-0.39, 0.29) is 12.3 Å². The van der Waals surface area contributed by atoms with Crippen LogP contribution in [0.2, 0.25) is 0 Å². The molecule has 126 valence electrons. The van der Waals surface area contributed by atoms with Crippen molar-refractivity contribution < 1.29 is 14.7 Å². The lowest BCUT2D eigenvalue weighted by atomic mass is 9.96. The summed E-state index contributed by atoms with van der Waals surface area (Å²) in [6.45, 7) is 0. The molecule has 24 heavy (non-hydrogen) atoms. The van der Waals surface area contributed by atoms with Gasteiger partial charge in [-0.25, -0.2) is 0 Å². The van der Waals surface area contributed by atoms with Crippen molar-refractivity contribution in [3.8, 4) is 0 Å². The van der Waals surface area contributed by atoms with Crippen molar-refractivity contribution in [2.75, 3.05) is 0 Å². The highest BCUT2D eigenvalue weighted by atomic mass is 16.4. The van der Waals surface area contributed by atoms with E-state index in [2.05, 4.69) is 5.32 Å². The highest BCUT2D eigenvalue weighted by Crippen LogP contribution is 2.29. The molecule has 0 radical (unpaired) electrons. The van der Waals surface area contributed by atoms with Crippen LogP contribution in [0.4, 0.5) is 0 Å². The van der Waals surface area contributed by atoms with Gasteiger partial charge in [0.05, 0.1) is 12.5 Å². The number of rotatable bonds is 6. The number of carbonyl (C=O) groups is 2. The molecule has 4 heteroatoms. The molecule has 0 heterocycles. The van der Waals surface area contributed by atoms with Crippen LogP contribution in [0.3, 0.4) is 0 Å². The number of carboxylic acid groups (broad SMARTS) is 1. The summed E-state index contributed by atoms with van der Waals surface area (Å²) in [5, 5.41) is 14.3. The molecule has 0 saturated heterocycles. The molecule has 1 amide bonds. The van der Waals surface area contributed by atoms with E-state index in [4.69, 9.17) is 0 Å². The second-order valence-corrected chi connectivity index (χ2v) is 6.64. The Hall–Kier alpha value is -2.36. The van der Waals surface area contributed by atoms with Crippen LogP contribution in [-0.4, -0.2) is 17.0 Å². The fourth-order valence-electron chi connectivity index (χ4n) is 3.70. The van der Waals surface area contributed by atoms with Crippen molar-refractivity contribution in [1.29, 1.82) is 0 Å². The van der Waals surface area contributed by atoms with Crippen LogP contribution in [-0.2, 0) is 9.59 Å². The first-order chi connectivity index (χ1) is 11.6. The van der Waals surface area contributed by atoms with Crippen molar-refractivity contribution >= 4 is 22.6 Å². The molecule has 0 unspecified atom stereocenters. The molecule has 2 aromatic carbocycles. The Balaban J connectivity index is 1.82. The topological polar surface area (TPSA) is 66.4 Å². The van der Waals surface area contributed by atoms with Crippen molar-refractivity contribution in [2.24, 2.45) is 5.92 Å². The van der Waals surface area contributed by atoms with E-state index in [1.165, 1.54) is 12.8 Å². The van der Waals surface area contributed by atoms with Crippen molar-refractivity contribution in [2.45, 2.75) is 44.6 Å². The predicted octanol–water partition coefficient (Wildman–Crippen LogP) is 4.05. The van der Waals surface area contributed by atoms with Gasteiger partial charge < -0.3 is 10.4 Å². The van der Waals surface area contributed by atoms with Gasteiger partial charge in [0.25, 0.3) is 0 Å². The minimum absolute atomic E-state index is 0.0407. The number of benzene rings is 2. The lowest BCUT2D eigenvalue weighted by Crippen LogP contribution is -2.31. The first-order valence-electron chi connectivity index (χ1n) is 8.62. The first kappa shape index (κ1) is 16.5. The second kappa shape index (κ2) is 7.47. The molecular formula is C20H23NO3. The Labute approximate surface area is 141 Å². The third-order valence-corrected chi connectivity index (χ3v) is 4.86. The molecule has 1 atom stereocenters. The smallest absolute Gasteiger partial charge is 0.305 e. The summed E-state index contributed by atoms with van der Waals surface area (Å²) in [5.41, 5.74) is 0.871. The first-order valence-corrected chi connectivity index (χ1v) is 8.62. The molecule has 0 aliphatic heterocycles. The van der Waals surface area contributed by atoms with Crippen LogP contribution in [0.15, 0.2) is 42.5 Å². The number of hydrogen-bond acceptors (Lipinski definition) is 2. The second-order valence-electron chi connectivity index (χ2n) is 6.64. The molecule has 0 spiro atoms. The molecule has 1 aliphatic carbocycles. The van der Waals surface area contributed by atoms with Crippen LogP contribution in [0.1, 0.15) is 50.1 Å². The molecule has 2 aromatic rings. The SMILES string of the molecule is O=C(O)C[C@@H](NC(=O)CC1CCCC1)c1cccc2ccccc12. The number of amides is 1. The van der Waals surface area contributed by atoms with Crippen molar-refractivity contribution in [3.63, 3.8) is 0 Å². The maximum Gasteiger partial charge on any atom is 0.305 e. The summed E-state index contributed by atoms with van der Waals surface area (Å²) in [6.07, 6.45) is 4.99. The number of carboxylic acids is 1. The summed E-state index contributed by atoms with van der Waals surface area (Å²) in [5.74, 6) is -0.502. The van der Waals surface area contributed by atoms with Crippen LogP contribution in [0.25, 0.3) is 10.8 Å². The van der Waals surface area contributed by atoms with Crippen LogP contribution in [0, 0.1) is 5.92 Å². The van der Waals surface area contributed by atoms with E-state index in [0.717, 1.165) is 29.2 Å². The maximum atomic E-state index is 12.4. The van der Waals surface area contributed by atoms with Crippen molar-refractivity contribution in [3.05, 3.63) is 48.0 Å². The Morgan fingerprint density at radius 1 is 1.08 bits per heavy atom. The van der Waals surface area contributed by atoms with Gasteiger partial charge in [-0.1, -0.05) is 55.3 Å². The van der Waals surface area contributed by atoms with Crippen LogP contribution >= 0.6 is 0 Å². The monoisotopic (exact) mass is 325 g/mol. The van der Waals surface area contributed by atoms with E-state index < -0.39 is 12.0 Å². The largest absolute Gasteiger partial charge is 0.481 e. The highest BCUT2D eigenvalue weighted by molar-refractivity contribution is 5.87. The molecule has 1 fully saturated rings. The van der Waals surface area contributed by atoms with E-state index in [1.54, 1.807) is 0 Å². The molecule has 2 N–H and O–H groups in total. The number of hydrogen-bond donors (Lipinski definition) is 2. The Bertz CT molecular complexity index is 729. The summed E-state index contributed by atoms with van der Waals surface area (Å²) in [7, 11) is 0. The third-order valence-electron chi connectivity index (χ3n) is 4.86. The standard InChI is InChI=1S/C20H23NO3/c22-19(12-14-6-1-2-7-14)21-18(13-20(23)24)17-11-5-9-15-8-3-4-10-16(15)17/h3-5,8-11,14,18H,1-2,6-7,12-13H2,(H,21,22)(H,23,24)/t18-/m1/s1. The highest BCUT2D eigenvalue weighted by Gasteiger charge is 2.23. The molecular weight excluding hydrogens is 302 g/mol. The molecule has 4 nitrogen and oxygen atoms in total. The fraction of sp³-hybridized carbons (Fsp3) is 0.400. The van der Waals surface area contributed by atoms with E-state index in [0.29, 0.717) is 12.3 Å². The normalized spacial score (nSPS) is 16.2. The van der Waals surface area contributed by atoms with E-state index >= 15 is 0 Å².